The molecular weight excluding hydrogens is 255 g/mol. The highest BCUT2D eigenvalue weighted by atomic mass is 19.1. The Morgan fingerprint density at radius 3 is 2.70 bits per heavy atom. The Labute approximate surface area is 118 Å². The molecule has 0 amide bonds. The van der Waals surface area contributed by atoms with Crippen LogP contribution in [0.3, 0.4) is 0 Å². The SMILES string of the molecule is COc1cc(N)cc(NCCc2ccc(F)cc2C)c1. The van der Waals surface area contributed by atoms with Crippen molar-refractivity contribution in [1.29, 1.82) is 0 Å². The Hall–Kier alpha value is -2.23. The number of methoxy groups -OCH3 is 1. The minimum atomic E-state index is -0.195. The van der Waals surface area contributed by atoms with Crippen LogP contribution in [-0.2, 0) is 6.42 Å². The minimum Gasteiger partial charge on any atom is -0.497 e. The largest absolute Gasteiger partial charge is 0.497 e. The van der Waals surface area contributed by atoms with E-state index in [-0.39, 0.29) is 5.82 Å². The zero-order valence-electron chi connectivity index (χ0n) is 11.7. The molecule has 2 aromatic carbocycles. The summed E-state index contributed by atoms with van der Waals surface area (Å²) in [6, 6.07) is 10.4. The van der Waals surface area contributed by atoms with Gasteiger partial charge >= 0.3 is 0 Å². The van der Waals surface area contributed by atoms with Gasteiger partial charge in [0.2, 0.25) is 0 Å². The average Bonchev–Trinajstić information content (AvgIpc) is 2.40. The number of rotatable bonds is 5. The summed E-state index contributed by atoms with van der Waals surface area (Å²) in [6.07, 6.45) is 0.823. The lowest BCUT2D eigenvalue weighted by atomic mass is 10.1. The first-order valence-corrected chi connectivity index (χ1v) is 6.52. The molecule has 0 bridgehead atoms. The Balaban J connectivity index is 1.97. The first kappa shape index (κ1) is 14.2. The lowest BCUT2D eigenvalue weighted by Gasteiger charge is -2.10. The van der Waals surface area contributed by atoms with Gasteiger partial charge in [0.15, 0.2) is 0 Å². The summed E-state index contributed by atoms with van der Waals surface area (Å²) in [7, 11) is 1.61. The summed E-state index contributed by atoms with van der Waals surface area (Å²) in [5.41, 5.74) is 9.48. The highest BCUT2D eigenvalue weighted by molar-refractivity contribution is 5.59. The molecule has 0 unspecified atom stereocenters. The Morgan fingerprint density at radius 2 is 2.00 bits per heavy atom. The van der Waals surface area contributed by atoms with Crippen LogP contribution in [0.4, 0.5) is 15.8 Å². The molecule has 3 nitrogen and oxygen atoms in total. The maximum absolute atomic E-state index is 13.0. The zero-order chi connectivity index (χ0) is 14.5. The van der Waals surface area contributed by atoms with Gasteiger partial charge in [0.25, 0.3) is 0 Å². The van der Waals surface area contributed by atoms with Gasteiger partial charge in [0.05, 0.1) is 7.11 Å². The van der Waals surface area contributed by atoms with E-state index in [0.29, 0.717) is 5.69 Å². The molecule has 0 atom stereocenters. The molecule has 0 saturated carbocycles. The van der Waals surface area contributed by atoms with Crippen molar-refractivity contribution in [3.05, 3.63) is 53.3 Å². The molecular formula is C16H19FN2O. The zero-order valence-corrected chi connectivity index (χ0v) is 11.7. The normalized spacial score (nSPS) is 10.3. The average molecular weight is 274 g/mol. The molecule has 4 heteroatoms. The predicted molar refractivity (Wildman–Crippen MR) is 80.7 cm³/mol. The molecule has 0 heterocycles. The Morgan fingerprint density at radius 1 is 1.20 bits per heavy atom. The standard InChI is InChI=1S/C16H19FN2O/c1-11-7-13(17)4-3-12(11)5-6-19-15-8-14(18)9-16(10-15)20-2/h3-4,7-10,19H,5-6,18H2,1-2H3. The molecule has 0 radical (unpaired) electrons. The van der Waals surface area contributed by atoms with E-state index in [4.69, 9.17) is 10.5 Å². The van der Waals surface area contributed by atoms with E-state index in [0.717, 1.165) is 35.5 Å². The molecule has 0 aromatic heterocycles. The van der Waals surface area contributed by atoms with E-state index >= 15 is 0 Å². The molecule has 2 rings (SSSR count). The second kappa shape index (κ2) is 6.28. The topological polar surface area (TPSA) is 47.3 Å². The van der Waals surface area contributed by atoms with Gasteiger partial charge in [0.1, 0.15) is 11.6 Å². The van der Waals surface area contributed by atoms with Crippen LogP contribution in [0.5, 0.6) is 5.75 Å². The van der Waals surface area contributed by atoms with Crippen molar-refractivity contribution in [3.8, 4) is 5.75 Å². The number of nitrogen functional groups attached to an aromatic ring is 1. The number of halogens is 1. The Bertz CT molecular complexity index is 599. The van der Waals surface area contributed by atoms with E-state index in [1.165, 1.54) is 6.07 Å². The summed E-state index contributed by atoms with van der Waals surface area (Å²) >= 11 is 0. The second-order valence-corrected chi connectivity index (χ2v) is 4.74. The van der Waals surface area contributed by atoms with Gasteiger partial charge in [-0.2, -0.15) is 0 Å². The van der Waals surface area contributed by atoms with E-state index < -0.39 is 0 Å². The van der Waals surface area contributed by atoms with Crippen LogP contribution in [0.2, 0.25) is 0 Å². The molecule has 20 heavy (non-hydrogen) atoms. The number of nitrogens with one attached hydrogen (secondary N) is 1. The van der Waals surface area contributed by atoms with Crippen molar-refractivity contribution in [2.75, 3.05) is 24.7 Å². The van der Waals surface area contributed by atoms with E-state index in [2.05, 4.69) is 5.32 Å². The maximum Gasteiger partial charge on any atom is 0.123 e. The molecule has 3 N–H and O–H groups in total. The summed E-state index contributed by atoms with van der Waals surface area (Å²) < 4.78 is 18.2. The number of ether oxygens (including phenoxy) is 1. The lowest BCUT2D eigenvalue weighted by molar-refractivity contribution is 0.415. The third-order valence-corrected chi connectivity index (χ3v) is 3.19. The number of hydrogen-bond donors (Lipinski definition) is 2. The highest BCUT2D eigenvalue weighted by Gasteiger charge is 2.02. The van der Waals surface area contributed by atoms with Gasteiger partial charge < -0.3 is 15.8 Å². The van der Waals surface area contributed by atoms with Crippen LogP contribution in [0.1, 0.15) is 11.1 Å². The quantitative estimate of drug-likeness (QED) is 0.822. The van der Waals surface area contributed by atoms with E-state index in [1.54, 1.807) is 19.2 Å². The van der Waals surface area contributed by atoms with Crippen LogP contribution in [0.25, 0.3) is 0 Å². The van der Waals surface area contributed by atoms with Gasteiger partial charge in [-0.05, 0) is 42.7 Å². The monoisotopic (exact) mass is 274 g/mol. The molecule has 0 aliphatic carbocycles. The third-order valence-electron chi connectivity index (χ3n) is 3.19. The number of nitrogens with two attached hydrogens (primary N) is 1. The predicted octanol–water partition coefficient (Wildman–Crippen LogP) is 3.38. The first-order chi connectivity index (χ1) is 9.58. The van der Waals surface area contributed by atoms with E-state index in [9.17, 15) is 4.39 Å². The second-order valence-electron chi connectivity index (χ2n) is 4.74. The molecule has 2 aromatic rings. The molecule has 106 valence electrons. The van der Waals surface area contributed by atoms with Crippen LogP contribution in [0.15, 0.2) is 36.4 Å². The number of benzene rings is 2. The maximum atomic E-state index is 13.0. The summed E-state index contributed by atoms with van der Waals surface area (Å²) in [5.74, 6) is 0.533. The van der Waals surface area contributed by atoms with Crippen molar-refractivity contribution >= 4 is 11.4 Å². The molecule has 0 aliphatic heterocycles. The number of anilines is 2. The van der Waals surface area contributed by atoms with Crippen LogP contribution in [0, 0.1) is 12.7 Å². The van der Waals surface area contributed by atoms with Crippen LogP contribution in [-0.4, -0.2) is 13.7 Å². The third kappa shape index (κ3) is 3.63. The minimum absolute atomic E-state index is 0.195. The summed E-state index contributed by atoms with van der Waals surface area (Å²) in [5, 5.41) is 3.30. The van der Waals surface area contributed by atoms with Crippen molar-refractivity contribution in [3.63, 3.8) is 0 Å². The first-order valence-electron chi connectivity index (χ1n) is 6.52. The van der Waals surface area contributed by atoms with Crippen molar-refractivity contribution in [2.45, 2.75) is 13.3 Å². The summed E-state index contributed by atoms with van der Waals surface area (Å²) in [6.45, 7) is 2.67. The van der Waals surface area contributed by atoms with Gasteiger partial charge in [-0.25, -0.2) is 4.39 Å². The van der Waals surface area contributed by atoms with Crippen LogP contribution < -0.4 is 15.8 Å². The Kier molecular flexibility index (Phi) is 4.45. The lowest BCUT2D eigenvalue weighted by Crippen LogP contribution is -2.06. The van der Waals surface area contributed by atoms with Crippen molar-refractivity contribution < 1.29 is 9.13 Å². The fourth-order valence-corrected chi connectivity index (χ4v) is 2.12. The van der Waals surface area contributed by atoms with Gasteiger partial charge in [0, 0.05) is 30.1 Å². The molecule has 0 saturated heterocycles. The number of aryl methyl sites for hydroxylation is 1. The van der Waals surface area contributed by atoms with Gasteiger partial charge in [-0.1, -0.05) is 6.07 Å². The van der Waals surface area contributed by atoms with Gasteiger partial charge in [-0.3, -0.25) is 0 Å². The van der Waals surface area contributed by atoms with E-state index in [1.807, 2.05) is 25.1 Å². The molecule has 0 fully saturated rings. The molecule has 0 aliphatic rings. The fraction of sp³-hybridized carbons (Fsp3) is 0.250. The van der Waals surface area contributed by atoms with Gasteiger partial charge in [-0.15, -0.1) is 0 Å². The number of hydrogen-bond acceptors (Lipinski definition) is 3. The van der Waals surface area contributed by atoms with Crippen molar-refractivity contribution in [2.24, 2.45) is 0 Å². The van der Waals surface area contributed by atoms with Crippen molar-refractivity contribution in [1.82, 2.24) is 0 Å². The smallest absolute Gasteiger partial charge is 0.123 e. The molecule has 0 spiro atoms. The highest BCUT2D eigenvalue weighted by Crippen LogP contribution is 2.22. The van der Waals surface area contributed by atoms with Crippen LogP contribution >= 0.6 is 0 Å². The summed E-state index contributed by atoms with van der Waals surface area (Å²) in [4.78, 5) is 0. The fourth-order valence-electron chi connectivity index (χ4n) is 2.12.